The Morgan fingerprint density at radius 3 is 1.14 bits per heavy atom. The van der Waals surface area contributed by atoms with Gasteiger partial charge in [-0.05, 0) is 19.4 Å². The maximum absolute atomic E-state index is 13.4. The van der Waals surface area contributed by atoms with Crippen molar-refractivity contribution >= 4 is 40.5 Å². The van der Waals surface area contributed by atoms with Crippen LogP contribution in [0.5, 0.6) is 0 Å². The van der Waals surface area contributed by atoms with Crippen LogP contribution in [0.1, 0.15) is 95.1 Å². The van der Waals surface area contributed by atoms with E-state index in [1.165, 1.54) is 26.5 Å². The monoisotopic (exact) mass is 958 g/mol. The Kier molecular flexibility index (Phi) is 17.6. The van der Waals surface area contributed by atoms with Crippen LogP contribution in [0.2, 0.25) is 0 Å². The summed E-state index contributed by atoms with van der Waals surface area (Å²) in [6, 6.07) is 10.9. The predicted molar refractivity (Wildman–Crippen MR) is 259 cm³/mol. The maximum atomic E-state index is 13.4. The number of aliphatic hydroxyl groups is 1. The van der Waals surface area contributed by atoms with E-state index in [4.69, 9.17) is 0 Å². The smallest absolute Gasteiger partial charge is 0.168 e. The molecular formula is C50H62N12O8. The quantitative estimate of drug-likeness (QED) is 0.0560. The molecule has 2 saturated heterocycles. The Balaban J connectivity index is 0.000000260. The molecule has 6 aromatic rings. The van der Waals surface area contributed by atoms with Crippen molar-refractivity contribution in [3.05, 3.63) is 144 Å². The molecule has 5 atom stereocenters. The number of rotatable bonds is 14. The minimum absolute atomic E-state index is 0. The molecule has 2 aliphatic rings. The Labute approximate surface area is 406 Å². The van der Waals surface area contributed by atoms with E-state index in [1.807, 2.05) is 0 Å². The fourth-order valence-electron chi connectivity index (χ4n) is 8.50. The van der Waals surface area contributed by atoms with Gasteiger partial charge >= 0.3 is 0 Å². The van der Waals surface area contributed by atoms with E-state index >= 15 is 0 Å². The SMILES string of the molecule is CC(=O)c1ccc(C(=O)C2CN[C@@H](Cc3cnc[nH]3)C(=O)CC(=O)[C@H](Cc3cnc[nH]3)NC2)cc1.CC(=O)c1ccc(C(O)C2CN[C@@H](Cc3cnc[nH]3)C(=O)CC(=O)[C@H](Cc3cnc[nH]3)NC2)cc1.[HH].[HH]. The molecule has 0 saturated carbocycles. The summed E-state index contributed by atoms with van der Waals surface area (Å²) < 4.78 is 0. The molecule has 8 rings (SSSR count). The van der Waals surface area contributed by atoms with Crippen LogP contribution < -0.4 is 21.3 Å². The molecule has 2 aromatic carbocycles. The summed E-state index contributed by atoms with van der Waals surface area (Å²) >= 11 is 0. The number of hydrogen-bond donors (Lipinski definition) is 9. The second kappa shape index (κ2) is 24.4. The number of H-pyrrole nitrogens is 4. The van der Waals surface area contributed by atoms with Crippen molar-refractivity contribution in [2.75, 3.05) is 26.2 Å². The molecule has 20 nitrogen and oxygen atoms in total. The zero-order valence-corrected chi connectivity index (χ0v) is 38.9. The molecule has 370 valence electrons. The van der Waals surface area contributed by atoms with Crippen LogP contribution in [0, 0.1) is 11.8 Å². The van der Waals surface area contributed by atoms with Crippen LogP contribution >= 0.6 is 0 Å². The first-order chi connectivity index (χ1) is 33.8. The molecule has 70 heavy (non-hydrogen) atoms. The summed E-state index contributed by atoms with van der Waals surface area (Å²) in [6.07, 6.45) is 12.8. The van der Waals surface area contributed by atoms with Gasteiger partial charge in [-0.25, -0.2) is 19.9 Å². The molecule has 0 radical (unpaired) electrons. The first-order valence-corrected chi connectivity index (χ1v) is 23.2. The molecule has 4 aromatic heterocycles. The van der Waals surface area contributed by atoms with Gasteiger partial charge < -0.3 is 46.3 Å². The highest BCUT2D eigenvalue weighted by Gasteiger charge is 2.33. The number of imidazole rings is 4. The third kappa shape index (κ3) is 13.9. The van der Waals surface area contributed by atoms with Gasteiger partial charge in [-0.2, -0.15) is 0 Å². The van der Waals surface area contributed by atoms with Gasteiger partial charge in [0.2, 0.25) is 0 Å². The van der Waals surface area contributed by atoms with E-state index in [9.17, 15) is 38.7 Å². The first kappa shape index (κ1) is 50.6. The number of carbonyl (C=O) groups excluding carboxylic acids is 7. The van der Waals surface area contributed by atoms with E-state index in [1.54, 1.807) is 86.0 Å². The van der Waals surface area contributed by atoms with Crippen LogP contribution in [-0.4, -0.2) is 136 Å². The standard InChI is InChI=1S/C25H30N6O4.C25H28N6O4.2H2/c2*1-15(32)16-2-4-17(5-3-16)25(35)18-9-28-21(6-19-11-26-13-30-19)23(33)8-24(34)22(29-10-18)7-20-12-27-14-31-20;;/h2-5,11-14,18,21-22,25,28-29,35H,6-10H2,1H3,(H,26,30)(H,27,31);2-5,11-14,18,21-22,28-29H,6-10H2,1H3,(H,26,30)(H,27,31);2*1H/t21-,22-,25?;21-,22-;;/m00../s1. The number of carbonyl (C=O) groups is 7. The zero-order valence-electron chi connectivity index (χ0n) is 38.9. The minimum Gasteiger partial charge on any atom is -0.388 e. The minimum atomic E-state index is -0.874. The number of ketones is 7. The van der Waals surface area contributed by atoms with Gasteiger partial charge in [0.05, 0.1) is 68.4 Å². The summed E-state index contributed by atoms with van der Waals surface area (Å²) in [4.78, 5) is 117. The highest BCUT2D eigenvalue weighted by molar-refractivity contribution is 6.05. The largest absolute Gasteiger partial charge is 0.388 e. The van der Waals surface area contributed by atoms with Crippen LogP contribution in [-0.2, 0) is 44.9 Å². The molecular weight excluding hydrogens is 897 g/mol. The van der Waals surface area contributed by atoms with Gasteiger partial charge in [-0.1, -0.05) is 48.5 Å². The van der Waals surface area contributed by atoms with Gasteiger partial charge in [-0.15, -0.1) is 0 Å². The van der Waals surface area contributed by atoms with Crippen LogP contribution in [0.3, 0.4) is 0 Å². The lowest BCUT2D eigenvalue weighted by atomic mass is 9.91. The van der Waals surface area contributed by atoms with Crippen molar-refractivity contribution in [3.63, 3.8) is 0 Å². The lowest BCUT2D eigenvalue weighted by molar-refractivity contribution is -0.131. The normalized spacial score (nSPS) is 20.6. The average molecular weight is 959 g/mol. The highest BCUT2D eigenvalue weighted by Crippen LogP contribution is 2.24. The van der Waals surface area contributed by atoms with Crippen molar-refractivity contribution < 1.29 is 41.5 Å². The Morgan fingerprint density at radius 1 is 0.514 bits per heavy atom. The van der Waals surface area contributed by atoms with E-state index in [-0.39, 0.29) is 75.2 Å². The molecule has 20 heteroatoms. The molecule has 9 N–H and O–H groups in total. The molecule has 0 amide bonds. The number of Topliss-reactive ketones (excluding diaryl/α,β-unsaturated/α-hetero) is 7. The lowest BCUT2D eigenvalue weighted by Crippen LogP contribution is -2.51. The molecule has 2 fully saturated rings. The number of aromatic nitrogens is 8. The fraction of sp³-hybridized carbons (Fsp3) is 0.380. The summed E-state index contributed by atoms with van der Waals surface area (Å²) in [6.45, 7) is 4.15. The predicted octanol–water partition coefficient (Wildman–Crippen LogP) is 2.50. The summed E-state index contributed by atoms with van der Waals surface area (Å²) in [5, 5.41) is 24.2. The van der Waals surface area contributed by atoms with Crippen molar-refractivity contribution in [1.82, 2.24) is 61.1 Å². The molecule has 0 spiro atoms. The van der Waals surface area contributed by atoms with Gasteiger partial charge in [0, 0.05) is 131 Å². The van der Waals surface area contributed by atoms with E-state index in [2.05, 4.69) is 61.1 Å². The van der Waals surface area contributed by atoms with Crippen molar-refractivity contribution in [1.29, 1.82) is 0 Å². The van der Waals surface area contributed by atoms with Crippen LogP contribution in [0.15, 0.2) is 98.6 Å². The van der Waals surface area contributed by atoms with Gasteiger partial charge in [-0.3, -0.25) is 33.6 Å². The second-order valence-electron chi connectivity index (χ2n) is 17.8. The molecule has 6 heterocycles. The second-order valence-corrected chi connectivity index (χ2v) is 17.8. The van der Waals surface area contributed by atoms with E-state index < -0.39 is 36.2 Å². The Hall–Kier alpha value is -7.23. The fourth-order valence-corrected chi connectivity index (χ4v) is 8.50. The number of aliphatic hydroxyl groups excluding tert-OH is 1. The molecule has 1 unspecified atom stereocenters. The van der Waals surface area contributed by atoms with Gasteiger partial charge in [0.25, 0.3) is 0 Å². The first-order valence-electron chi connectivity index (χ1n) is 23.2. The number of aromatic amines is 4. The summed E-state index contributed by atoms with van der Waals surface area (Å²) in [7, 11) is 0. The number of nitrogens with zero attached hydrogens (tertiary/aromatic N) is 4. The number of benzene rings is 2. The van der Waals surface area contributed by atoms with Crippen molar-refractivity contribution in [2.45, 2.75) is 82.6 Å². The van der Waals surface area contributed by atoms with Crippen molar-refractivity contribution in [2.24, 2.45) is 11.8 Å². The third-order valence-electron chi connectivity index (χ3n) is 12.7. The molecule has 2 aliphatic heterocycles. The number of nitrogens with one attached hydrogen (secondary N) is 8. The molecule has 0 bridgehead atoms. The Bertz CT molecular complexity index is 2570. The topological polar surface area (TPSA) is 303 Å². The van der Waals surface area contributed by atoms with Crippen molar-refractivity contribution in [3.8, 4) is 0 Å². The van der Waals surface area contributed by atoms with Crippen LogP contribution in [0.25, 0.3) is 0 Å². The van der Waals surface area contributed by atoms with E-state index in [0.29, 0.717) is 61.0 Å². The summed E-state index contributed by atoms with van der Waals surface area (Å²) in [5.41, 5.74) is 5.30. The average Bonchev–Trinajstić information content (AvgIpc) is 4.23. The summed E-state index contributed by atoms with van der Waals surface area (Å²) in [5.74, 6) is -2.03. The Morgan fingerprint density at radius 2 is 0.829 bits per heavy atom. The third-order valence-corrected chi connectivity index (χ3v) is 12.7. The zero-order chi connectivity index (χ0) is 49.6. The number of hydrogen-bond acceptors (Lipinski definition) is 16. The van der Waals surface area contributed by atoms with Gasteiger partial charge in [0.15, 0.2) is 40.5 Å². The molecule has 0 aliphatic carbocycles. The van der Waals surface area contributed by atoms with E-state index in [0.717, 1.165) is 22.8 Å². The van der Waals surface area contributed by atoms with Gasteiger partial charge in [0.1, 0.15) is 0 Å². The lowest BCUT2D eigenvalue weighted by Gasteiger charge is -2.30. The van der Waals surface area contributed by atoms with Crippen LogP contribution in [0.4, 0.5) is 0 Å². The highest BCUT2D eigenvalue weighted by atomic mass is 16.3. The maximum Gasteiger partial charge on any atom is 0.168 e.